The number of piperidine rings is 1. The van der Waals surface area contributed by atoms with Crippen LogP contribution in [0.1, 0.15) is 24.4 Å². The Morgan fingerprint density at radius 1 is 1.30 bits per heavy atom. The van der Waals surface area contributed by atoms with Crippen LogP contribution >= 0.6 is 12.4 Å². The minimum atomic E-state index is -4.93. The van der Waals surface area contributed by atoms with E-state index in [9.17, 15) is 26.7 Å². The largest absolute Gasteiger partial charge is 0.471 e. The zero-order chi connectivity index (χ0) is 16.5. The highest BCUT2D eigenvalue weighted by molar-refractivity contribution is 5.85. The van der Waals surface area contributed by atoms with E-state index in [1.165, 1.54) is 6.07 Å². The molecule has 0 unspecified atom stereocenters. The van der Waals surface area contributed by atoms with Gasteiger partial charge in [-0.05, 0) is 25.5 Å². The summed E-state index contributed by atoms with van der Waals surface area (Å²) in [6, 6.07) is 1.85. The molecule has 1 aliphatic heterocycles. The number of nitrogens with one attached hydrogen (secondary N) is 1. The van der Waals surface area contributed by atoms with Crippen molar-refractivity contribution in [2.24, 2.45) is 0 Å². The number of hydrogen-bond donors (Lipinski definition) is 1. The lowest BCUT2D eigenvalue weighted by Gasteiger charge is -2.36. The zero-order valence-electron chi connectivity index (χ0n) is 12.2. The van der Waals surface area contributed by atoms with Crippen molar-refractivity contribution >= 4 is 18.3 Å². The molecule has 3 nitrogen and oxygen atoms in total. The maximum atomic E-state index is 13.8. The molecule has 2 atom stereocenters. The molecular weight excluding hydrogens is 343 g/mol. The maximum Gasteiger partial charge on any atom is 0.471 e. The minimum absolute atomic E-state index is 0. The molecule has 0 aliphatic carbocycles. The summed E-state index contributed by atoms with van der Waals surface area (Å²) in [7, 11) is 1.09. The molecule has 0 bridgehead atoms. The van der Waals surface area contributed by atoms with Crippen molar-refractivity contribution in [1.82, 2.24) is 10.2 Å². The predicted octanol–water partition coefficient (Wildman–Crippen LogP) is 3.20. The smallest absolute Gasteiger partial charge is 0.335 e. The van der Waals surface area contributed by atoms with E-state index in [4.69, 9.17) is 0 Å². The van der Waals surface area contributed by atoms with E-state index >= 15 is 0 Å². The Bertz CT molecular complexity index is 567. The number of alkyl halides is 3. The number of rotatable bonds is 2. The Labute approximate surface area is 136 Å². The van der Waals surface area contributed by atoms with E-state index in [1.807, 2.05) is 0 Å². The first kappa shape index (κ1) is 19.6. The lowest BCUT2D eigenvalue weighted by atomic mass is 9.92. The Balaban J connectivity index is 0.00000264. The van der Waals surface area contributed by atoms with Gasteiger partial charge in [-0.2, -0.15) is 13.2 Å². The third kappa shape index (κ3) is 4.54. The number of halogens is 6. The van der Waals surface area contributed by atoms with Crippen LogP contribution in [-0.4, -0.2) is 36.6 Å². The Morgan fingerprint density at radius 2 is 1.96 bits per heavy atom. The molecule has 1 heterocycles. The summed E-state index contributed by atoms with van der Waals surface area (Å²) >= 11 is 0. The molecule has 0 spiro atoms. The van der Waals surface area contributed by atoms with Crippen molar-refractivity contribution in [2.45, 2.75) is 31.1 Å². The van der Waals surface area contributed by atoms with Gasteiger partial charge in [-0.3, -0.25) is 4.79 Å². The molecule has 1 N–H and O–H groups in total. The second-order valence-corrected chi connectivity index (χ2v) is 5.26. The molecule has 9 heteroatoms. The number of nitrogens with zero attached hydrogens (tertiary/aromatic N) is 1. The van der Waals surface area contributed by atoms with Crippen LogP contribution in [-0.2, 0) is 4.79 Å². The van der Waals surface area contributed by atoms with Gasteiger partial charge in [0.05, 0.1) is 0 Å². The minimum Gasteiger partial charge on any atom is -0.335 e. The summed E-state index contributed by atoms with van der Waals surface area (Å²) in [4.78, 5) is 11.9. The van der Waals surface area contributed by atoms with Crippen molar-refractivity contribution in [2.75, 3.05) is 13.6 Å². The van der Waals surface area contributed by atoms with Gasteiger partial charge in [-0.25, -0.2) is 8.78 Å². The Kier molecular flexibility index (Phi) is 6.35. The maximum absolute atomic E-state index is 13.8. The van der Waals surface area contributed by atoms with Crippen molar-refractivity contribution in [3.63, 3.8) is 0 Å². The van der Waals surface area contributed by atoms with E-state index in [1.54, 1.807) is 0 Å². The van der Waals surface area contributed by atoms with Crippen LogP contribution < -0.4 is 5.32 Å². The summed E-state index contributed by atoms with van der Waals surface area (Å²) < 4.78 is 64.1. The second-order valence-electron chi connectivity index (χ2n) is 5.26. The fourth-order valence-corrected chi connectivity index (χ4v) is 2.64. The van der Waals surface area contributed by atoms with Crippen molar-refractivity contribution in [3.8, 4) is 0 Å². The number of benzene rings is 1. The first-order chi connectivity index (χ1) is 10.2. The fraction of sp³-hybridized carbons (Fsp3) is 0.500. The highest BCUT2D eigenvalue weighted by atomic mass is 35.5. The average Bonchev–Trinajstić information content (AvgIpc) is 2.45. The zero-order valence-corrected chi connectivity index (χ0v) is 13.0. The van der Waals surface area contributed by atoms with E-state index in [0.717, 1.165) is 19.2 Å². The SMILES string of the molecule is CN(C(=O)C(F)(F)F)[C@@H]1CCN[C@H](c2ccc(F)cc2F)C1.Cl. The van der Waals surface area contributed by atoms with E-state index in [0.29, 0.717) is 17.9 Å². The summed E-state index contributed by atoms with van der Waals surface area (Å²) in [5.74, 6) is -3.40. The lowest BCUT2D eigenvalue weighted by Crippen LogP contribution is -2.49. The van der Waals surface area contributed by atoms with Crippen LogP contribution in [0.5, 0.6) is 0 Å². The molecule has 130 valence electrons. The molecule has 1 aromatic carbocycles. The third-order valence-electron chi connectivity index (χ3n) is 3.82. The molecule has 23 heavy (non-hydrogen) atoms. The molecule has 1 aromatic rings. The van der Waals surface area contributed by atoms with Crippen LogP contribution in [0.25, 0.3) is 0 Å². The van der Waals surface area contributed by atoms with Crippen molar-refractivity contribution in [1.29, 1.82) is 0 Å². The van der Waals surface area contributed by atoms with Gasteiger partial charge >= 0.3 is 12.1 Å². The van der Waals surface area contributed by atoms with E-state index in [2.05, 4.69) is 5.32 Å². The second kappa shape index (κ2) is 7.44. The molecule has 0 radical (unpaired) electrons. The average molecular weight is 359 g/mol. The van der Waals surface area contributed by atoms with Crippen LogP contribution in [0.2, 0.25) is 0 Å². The Hall–Kier alpha value is -1.41. The highest BCUT2D eigenvalue weighted by Crippen LogP contribution is 2.29. The molecule has 0 aromatic heterocycles. The monoisotopic (exact) mass is 358 g/mol. The molecule has 1 aliphatic rings. The lowest BCUT2D eigenvalue weighted by molar-refractivity contribution is -0.186. The number of amides is 1. The molecule has 1 saturated heterocycles. The first-order valence-corrected chi connectivity index (χ1v) is 6.72. The molecule has 1 amide bonds. The van der Waals surface area contributed by atoms with Gasteiger partial charge in [0.1, 0.15) is 11.6 Å². The van der Waals surface area contributed by atoms with Gasteiger partial charge < -0.3 is 10.2 Å². The van der Waals surface area contributed by atoms with Crippen LogP contribution in [0.15, 0.2) is 18.2 Å². The van der Waals surface area contributed by atoms with Crippen LogP contribution in [0.4, 0.5) is 22.0 Å². The summed E-state index contributed by atoms with van der Waals surface area (Å²) in [5, 5.41) is 2.98. The van der Waals surface area contributed by atoms with Crippen molar-refractivity contribution in [3.05, 3.63) is 35.4 Å². The molecule has 0 saturated carbocycles. The normalized spacial score (nSPS) is 21.5. The van der Waals surface area contributed by atoms with Gasteiger partial charge in [-0.1, -0.05) is 6.07 Å². The van der Waals surface area contributed by atoms with Gasteiger partial charge in [-0.15, -0.1) is 12.4 Å². The molecule has 2 rings (SSSR count). The van der Waals surface area contributed by atoms with Crippen LogP contribution in [0, 0.1) is 11.6 Å². The summed E-state index contributed by atoms with van der Waals surface area (Å²) in [5.41, 5.74) is 0.180. The van der Waals surface area contributed by atoms with Gasteiger partial charge in [0.15, 0.2) is 0 Å². The number of hydrogen-bond acceptors (Lipinski definition) is 2. The Morgan fingerprint density at radius 3 is 2.52 bits per heavy atom. The quantitative estimate of drug-likeness (QED) is 0.823. The topological polar surface area (TPSA) is 32.3 Å². The highest BCUT2D eigenvalue weighted by Gasteiger charge is 2.44. The first-order valence-electron chi connectivity index (χ1n) is 6.72. The van der Waals surface area contributed by atoms with Gasteiger partial charge in [0.25, 0.3) is 0 Å². The summed E-state index contributed by atoms with van der Waals surface area (Å²) in [6.07, 6.45) is -4.48. The number of carbonyl (C=O) groups is 1. The van der Waals surface area contributed by atoms with E-state index in [-0.39, 0.29) is 24.4 Å². The number of carbonyl (C=O) groups excluding carboxylic acids is 1. The standard InChI is InChI=1S/C14H15F5N2O.ClH/c1-21(13(22)14(17,18)19)9-4-5-20-12(7-9)10-3-2-8(15)6-11(10)16;/h2-3,6,9,12,20H,4-5,7H2,1H3;1H/t9-,12+;/m1./s1. The van der Waals surface area contributed by atoms with Gasteiger partial charge in [0.2, 0.25) is 0 Å². The van der Waals surface area contributed by atoms with E-state index < -0.39 is 35.8 Å². The fourth-order valence-electron chi connectivity index (χ4n) is 2.64. The molecule has 1 fully saturated rings. The molecular formula is C14H16ClF5N2O. The van der Waals surface area contributed by atoms with Gasteiger partial charge in [0, 0.05) is 30.8 Å². The summed E-state index contributed by atoms with van der Waals surface area (Å²) in [6.45, 7) is 0.335. The third-order valence-corrected chi connectivity index (χ3v) is 3.82. The predicted molar refractivity (Wildman–Crippen MR) is 76.2 cm³/mol. The van der Waals surface area contributed by atoms with Crippen molar-refractivity contribution < 1.29 is 26.7 Å². The van der Waals surface area contributed by atoms with Crippen LogP contribution in [0.3, 0.4) is 0 Å².